The van der Waals surface area contributed by atoms with Crippen LogP contribution in [0.3, 0.4) is 0 Å². The molecule has 0 aliphatic heterocycles. The lowest BCUT2D eigenvalue weighted by molar-refractivity contribution is 0.191. The highest BCUT2D eigenvalue weighted by molar-refractivity contribution is 14.1. The van der Waals surface area contributed by atoms with E-state index < -0.39 is 17.6 Å². The van der Waals surface area contributed by atoms with Gasteiger partial charge in [0, 0.05) is 10.8 Å². The lowest BCUT2D eigenvalue weighted by Gasteiger charge is -2.26. The van der Waals surface area contributed by atoms with Crippen molar-refractivity contribution >= 4 is 60.0 Å². The minimum Gasteiger partial charge on any atom is -0.385 e. The van der Waals surface area contributed by atoms with Gasteiger partial charge in [-0.25, -0.2) is 8.42 Å². The molecule has 0 saturated carbocycles. The van der Waals surface area contributed by atoms with Gasteiger partial charge in [0.25, 0.3) is 0 Å². The first kappa shape index (κ1) is 15.7. The number of sulfone groups is 1. The molecule has 1 rings (SSSR count). The Balaban J connectivity index is 3.12. The first-order valence-electron chi connectivity index (χ1n) is 4.76. The summed E-state index contributed by atoms with van der Waals surface area (Å²) in [6.07, 6.45) is -1.16. The normalized spacial score (nSPS) is 17.5. The molecule has 0 aliphatic rings. The van der Waals surface area contributed by atoms with Gasteiger partial charge in [0.1, 0.15) is 6.10 Å². The SMILES string of the molecule is CCS(=O)(=O)[C@@](Br)(I)[C@H](O)c1ccc(Cl)cc1. The van der Waals surface area contributed by atoms with E-state index in [1.807, 2.05) is 0 Å². The third kappa shape index (κ3) is 3.34. The minimum absolute atomic E-state index is 0.0498. The zero-order valence-electron chi connectivity index (χ0n) is 8.90. The predicted octanol–water partition coefficient (Wildman–Crippen LogP) is 3.29. The predicted molar refractivity (Wildman–Crippen MR) is 81.6 cm³/mol. The zero-order chi connectivity index (χ0) is 13.3. The average Bonchev–Trinajstić information content (AvgIpc) is 2.28. The smallest absolute Gasteiger partial charge is 0.207 e. The van der Waals surface area contributed by atoms with Gasteiger partial charge in [0.2, 0.25) is 1.66 Å². The maximum absolute atomic E-state index is 11.9. The van der Waals surface area contributed by atoms with Crippen LogP contribution in [0, 0.1) is 0 Å². The van der Waals surface area contributed by atoms with E-state index in [0.29, 0.717) is 10.6 Å². The van der Waals surface area contributed by atoms with Crippen LogP contribution in [0.15, 0.2) is 24.3 Å². The van der Waals surface area contributed by atoms with Gasteiger partial charge in [0.05, 0.1) is 0 Å². The molecule has 0 unspecified atom stereocenters. The number of aliphatic hydroxyl groups excluding tert-OH is 1. The van der Waals surface area contributed by atoms with Crippen molar-refractivity contribution in [3.8, 4) is 0 Å². The number of benzene rings is 1. The zero-order valence-corrected chi connectivity index (χ0v) is 14.2. The Morgan fingerprint density at radius 3 is 2.35 bits per heavy atom. The van der Waals surface area contributed by atoms with E-state index in [0.717, 1.165) is 0 Å². The maximum atomic E-state index is 11.9. The van der Waals surface area contributed by atoms with Crippen LogP contribution in [0.4, 0.5) is 0 Å². The van der Waals surface area contributed by atoms with Crippen molar-refractivity contribution in [1.82, 2.24) is 0 Å². The van der Waals surface area contributed by atoms with Crippen LogP contribution in [0.5, 0.6) is 0 Å². The molecule has 96 valence electrons. The van der Waals surface area contributed by atoms with E-state index in [1.165, 1.54) is 0 Å². The number of hydrogen-bond donors (Lipinski definition) is 1. The highest BCUT2D eigenvalue weighted by Gasteiger charge is 2.44. The van der Waals surface area contributed by atoms with E-state index in [1.54, 1.807) is 53.8 Å². The fourth-order valence-corrected chi connectivity index (χ4v) is 4.43. The Morgan fingerprint density at radius 1 is 1.47 bits per heavy atom. The number of halogens is 3. The number of rotatable bonds is 4. The largest absolute Gasteiger partial charge is 0.385 e. The second-order valence-electron chi connectivity index (χ2n) is 3.42. The van der Waals surface area contributed by atoms with E-state index in [2.05, 4.69) is 15.9 Å². The van der Waals surface area contributed by atoms with Crippen molar-refractivity contribution in [3.05, 3.63) is 34.9 Å². The number of aliphatic hydroxyl groups is 1. The molecule has 1 N–H and O–H groups in total. The van der Waals surface area contributed by atoms with Crippen LogP contribution in [-0.4, -0.2) is 20.9 Å². The van der Waals surface area contributed by atoms with Crippen molar-refractivity contribution in [2.24, 2.45) is 0 Å². The molecule has 0 aromatic heterocycles. The molecule has 1 aromatic carbocycles. The van der Waals surface area contributed by atoms with Gasteiger partial charge in [0.15, 0.2) is 9.84 Å². The molecule has 7 heteroatoms. The lowest BCUT2D eigenvalue weighted by atomic mass is 10.1. The summed E-state index contributed by atoms with van der Waals surface area (Å²) in [5.41, 5.74) is 0.498. The van der Waals surface area contributed by atoms with Crippen LogP contribution in [0.1, 0.15) is 18.6 Å². The van der Waals surface area contributed by atoms with Crippen LogP contribution in [0.25, 0.3) is 0 Å². The van der Waals surface area contributed by atoms with Crippen LogP contribution in [-0.2, 0) is 9.84 Å². The Kier molecular flexibility index (Phi) is 5.29. The number of hydrogen-bond acceptors (Lipinski definition) is 3. The van der Waals surface area contributed by atoms with Gasteiger partial charge >= 0.3 is 0 Å². The Hall–Kier alpha value is 0.630. The molecule has 3 nitrogen and oxygen atoms in total. The molecule has 0 saturated heterocycles. The highest BCUT2D eigenvalue weighted by atomic mass is 127. The summed E-state index contributed by atoms with van der Waals surface area (Å²) in [6, 6.07) is 6.43. The van der Waals surface area contributed by atoms with Crippen molar-refractivity contribution < 1.29 is 13.5 Å². The lowest BCUT2D eigenvalue weighted by Crippen LogP contribution is -2.33. The van der Waals surface area contributed by atoms with E-state index in [4.69, 9.17) is 11.6 Å². The summed E-state index contributed by atoms with van der Waals surface area (Å²) >= 11 is 10.5. The quantitative estimate of drug-likeness (QED) is 0.562. The fourth-order valence-electron chi connectivity index (χ4n) is 1.20. The third-order valence-electron chi connectivity index (χ3n) is 2.30. The van der Waals surface area contributed by atoms with Gasteiger partial charge < -0.3 is 5.11 Å². The summed E-state index contributed by atoms with van der Waals surface area (Å²) in [5.74, 6) is -0.0498. The molecule has 2 atom stereocenters. The summed E-state index contributed by atoms with van der Waals surface area (Å²) in [6.45, 7) is 1.54. The summed E-state index contributed by atoms with van der Waals surface area (Å²) < 4.78 is 22.3. The molecule has 0 aliphatic carbocycles. The maximum Gasteiger partial charge on any atom is 0.207 e. The molecule has 1 aromatic rings. The van der Waals surface area contributed by atoms with Crippen molar-refractivity contribution in [1.29, 1.82) is 0 Å². The first-order valence-corrected chi connectivity index (χ1v) is 8.66. The summed E-state index contributed by atoms with van der Waals surface area (Å²) in [7, 11) is -3.43. The second-order valence-corrected chi connectivity index (χ2v) is 12.0. The van der Waals surface area contributed by atoms with E-state index in [9.17, 15) is 13.5 Å². The summed E-state index contributed by atoms with van der Waals surface area (Å²) in [5, 5.41) is 10.7. The fraction of sp³-hybridized carbons (Fsp3) is 0.400. The molecule has 0 spiro atoms. The molecule has 0 heterocycles. The third-order valence-corrected chi connectivity index (χ3v) is 8.88. The minimum atomic E-state index is -3.43. The molecule has 0 radical (unpaired) electrons. The van der Waals surface area contributed by atoms with Crippen LogP contribution >= 0.6 is 50.1 Å². The molecule has 0 amide bonds. The number of alkyl halides is 2. The van der Waals surface area contributed by atoms with Crippen molar-refractivity contribution in [3.63, 3.8) is 0 Å². The second kappa shape index (κ2) is 5.73. The van der Waals surface area contributed by atoms with E-state index in [-0.39, 0.29) is 5.75 Å². The summed E-state index contributed by atoms with van der Waals surface area (Å²) in [4.78, 5) is 0. The average molecular weight is 454 g/mol. The molecular weight excluding hydrogens is 442 g/mol. The monoisotopic (exact) mass is 452 g/mol. The molecule has 0 fully saturated rings. The van der Waals surface area contributed by atoms with E-state index >= 15 is 0 Å². The van der Waals surface area contributed by atoms with Gasteiger partial charge in [-0.2, -0.15) is 0 Å². The van der Waals surface area contributed by atoms with Crippen LogP contribution in [0.2, 0.25) is 5.02 Å². The van der Waals surface area contributed by atoms with Crippen molar-refractivity contribution in [2.45, 2.75) is 14.7 Å². The first-order chi connectivity index (χ1) is 7.72. The topological polar surface area (TPSA) is 54.4 Å². The van der Waals surface area contributed by atoms with Gasteiger partial charge in [-0.1, -0.05) is 46.6 Å². The Labute approximate surface area is 128 Å². The van der Waals surface area contributed by atoms with Gasteiger partial charge in [-0.15, -0.1) is 0 Å². The van der Waals surface area contributed by atoms with Gasteiger partial charge in [-0.05, 0) is 40.3 Å². The Bertz CT molecular complexity index is 487. The molecule has 0 bridgehead atoms. The standard InChI is InChI=1S/C10H11BrClIO3S/c1-2-17(15,16)10(11,13)9(14)7-3-5-8(12)6-4-7/h3-6,9,14H,2H2,1H3/t9-,10+/m1/s1. The van der Waals surface area contributed by atoms with Crippen molar-refractivity contribution in [2.75, 3.05) is 5.75 Å². The molecule has 17 heavy (non-hydrogen) atoms. The Morgan fingerprint density at radius 2 is 1.94 bits per heavy atom. The molecular formula is C10H11BrClIO3S. The van der Waals surface area contributed by atoms with Gasteiger partial charge in [-0.3, -0.25) is 0 Å². The van der Waals surface area contributed by atoms with Crippen LogP contribution < -0.4 is 0 Å². The highest BCUT2D eigenvalue weighted by Crippen LogP contribution is 2.45.